The van der Waals surface area contributed by atoms with Crippen molar-refractivity contribution in [3.05, 3.63) is 35.7 Å². The Morgan fingerprint density at radius 1 is 0.750 bits per heavy atom. The molecule has 0 aliphatic carbocycles. The molecule has 0 amide bonds. The van der Waals surface area contributed by atoms with Crippen LogP contribution in [0.1, 0.15) is 11.4 Å². The molecule has 1 aliphatic rings. The van der Waals surface area contributed by atoms with E-state index in [-0.39, 0.29) is 0 Å². The first-order valence-electron chi connectivity index (χ1n) is 8.08. The summed E-state index contributed by atoms with van der Waals surface area (Å²) in [6.07, 6.45) is 0. The lowest BCUT2D eigenvalue weighted by molar-refractivity contribution is 0.213. The number of pyridine rings is 2. The van der Waals surface area contributed by atoms with Gasteiger partial charge in [-0.1, -0.05) is 0 Å². The summed E-state index contributed by atoms with van der Waals surface area (Å²) in [5.74, 6) is 1.52. The highest BCUT2D eigenvalue weighted by Crippen LogP contribution is 2.35. The SMILES string of the molecule is CN(C)Cc1ccc2c(n1)-c1nc(CN(C)C)ccc1OCCO2. The highest BCUT2D eigenvalue weighted by Gasteiger charge is 2.20. The van der Waals surface area contributed by atoms with Crippen LogP contribution in [-0.2, 0) is 13.1 Å². The van der Waals surface area contributed by atoms with E-state index in [1.54, 1.807) is 0 Å². The van der Waals surface area contributed by atoms with Gasteiger partial charge in [-0.15, -0.1) is 0 Å². The Kier molecular flexibility index (Phi) is 4.97. The van der Waals surface area contributed by atoms with Crippen LogP contribution in [0.3, 0.4) is 0 Å². The summed E-state index contributed by atoms with van der Waals surface area (Å²) in [6, 6.07) is 7.97. The molecule has 0 radical (unpaired) electrons. The first-order valence-corrected chi connectivity index (χ1v) is 8.08. The number of hydrogen-bond acceptors (Lipinski definition) is 6. The Balaban J connectivity index is 2.08. The monoisotopic (exact) mass is 328 g/mol. The van der Waals surface area contributed by atoms with Gasteiger partial charge in [0.25, 0.3) is 0 Å². The predicted molar refractivity (Wildman–Crippen MR) is 93.2 cm³/mol. The summed E-state index contributed by atoms with van der Waals surface area (Å²) in [6.45, 7) is 2.53. The van der Waals surface area contributed by atoms with E-state index < -0.39 is 0 Å². The summed E-state index contributed by atoms with van der Waals surface area (Å²) in [4.78, 5) is 13.8. The average Bonchev–Trinajstić information content (AvgIpc) is 2.50. The van der Waals surface area contributed by atoms with Gasteiger partial charge < -0.3 is 19.3 Å². The second kappa shape index (κ2) is 7.15. The summed E-state index contributed by atoms with van der Waals surface area (Å²) >= 11 is 0. The van der Waals surface area contributed by atoms with Gasteiger partial charge >= 0.3 is 0 Å². The van der Waals surface area contributed by atoms with Gasteiger partial charge in [-0.25, -0.2) is 9.97 Å². The van der Waals surface area contributed by atoms with Crippen molar-refractivity contribution < 1.29 is 9.47 Å². The molecule has 0 saturated heterocycles. The van der Waals surface area contributed by atoms with Crippen LogP contribution in [0.5, 0.6) is 11.5 Å². The third-order valence-electron chi connectivity index (χ3n) is 3.61. The van der Waals surface area contributed by atoms with E-state index in [9.17, 15) is 0 Å². The fourth-order valence-corrected chi connectivity index (χ4v) is 2.67. The maximum atomic E-state index is 5.81. The van der Waals surface area contributed by atoms with Gasteiger partial charge in [0.1, 0.15) is 36.1 Å². The van der Waals surface area contributed by atoms with Gasteiger partial charge in [-0.05, 0) is 52.5 Å². The molecule has 6 nitrogen and oxygen atoms in total. The lowest BCUT2D eigenvalue weighted by Crippen LogP contribution is -2.17. The van der Waals surface area contributed by atoms with Crippen LogP contribution < -0.4 is 9.47 Å². The Bertz CT molecular complexity index is 655. The van der Waals surface area contributed by atoms with Gasteiger partial charge in [0.05, 0.1) is 11.4 Å². The standard InChI is InChI=1S/C18H24N4O2/c1-21(2)11-13-5-7-15-17(19-13)18-16(24-10-9-23-15)8-6-14(20-18)12-22(3)4/h5-8H,9-12H2,1-4H3. The van der Waals surface area contributed by atoms with Crippen molar-refractivity contribution >= 4 is 0 Å². The minimum Gasteiger partial charge on any atom is -0.488 e. The quantitative estimate of drug-likeness (QED) is 0.856. The molecule has 2 aromatic rings. The molecule has 3 heterocycles. The summed E-state index contributed by atoms with van der Waals surface area (Å²) in [5.41, 5.74) is 3.47. The minimum absolute atomic E-state index is 0.501. The third kappa shape index (κ3) is 3.83. The number of ether oxygens (including phenoxy) is 2. The average molecular weight is 328 g/mol. The van der Waals surface area contributed by atoms with Crippen LogP contribution in [0.4, 0.5) is 0 Å². The Hall–Kier alpha value is -2.18. The predicted octanol–water partition coefficient (Wildman–Crippen LogP) is 2.04. The summed E-state index contributed by atoms with van der Waals surface area (Å²) in [5, 5.41) is 0. The molecule has 2 aromatic heterocycles. The zero-order chi connectivity index (χ0) is 17.1. The van der Waals surface area contributed by atoms with E-state index in [0.717, 1.165) is 47.4 Å². The zero-order valence-electron chi connectivity index (χ0n) is 14.7. The minimum atomic E-state index is 0.501. The second-order valence-corrected chi connectivity index (χ2v) is 6.47. The van der Waals surface area contributed by atoms with Gasteiger partial charge in [0, 0.05) is 13.1 Å². The van der Waals surface area contributed by atoms with E-state index >= 15 is 0 Å². The van der Waals surface area contributed by atoms with Crippen molar-refractivity contribution in [2.75, 3.05) is 41.4 Å². The van der Waals surface area contributed by atoms with Crippen LogP contribution in [0.15, 0.2) is 24.3 Å². The van der Waals surface area contributed by atoms with Gasteiger partial charge in [-0.3, -0.25) is 0 Å². The maximum absolute atomic E-state index is 5.81. The summed E-state index contributed by atoms with van der Waals surface area (Å²) < 4.78 is 11.6. The first kappa shape index (κ1) is 16.7. The molecule has 0 aromatic carbocycles. The molecule has 0 bridgehead atoms. The zero-order valence-corrected chi connectivity index (χ0v) is 14.7. The third-order valence-corrected chi connectivity index (χ3v) is 3.61. The van der Waals surface area contributed by atoms with Crippen LogP contribution >= 0.6 is 0 Å². The molecule has 0 fully saturated rings. The molecular weight excluding hydrogens is 304 g/mol. The van der Waals surface area contributed by atoms with Crippen molar-refractivity contribution in [2.45, 2.75) is 13.1 Å². The van der Waals surface area contributed by atoms with Crippen molar-refractivity contribution in [1.82, 2.24) is 19.8 Å². The van der Waals surface area contributed by atoms with Gasteiger partial charge in [0.15, 0.2) is 0 Å². The first-order chi connectivity index (χ1) is 11.5. The van der Waals surface area contributed by atoms with Crippen LogP contribution in [0, 0.1) is 0 Å². The Morgan fingerprint density at radius 3 is 1.54 bits per heavy atom. The smallest absolute Gasteiger partial charge is 0.147 e. The second-order valence-electron chi connectivity index (χ2n) is 6.47. The van der Waals surface area contributed by atoms with E-state index in [0.29, 0.717) is 13.2 Å². The van der Waals surface area contributed by atoms with Crippen LogP contribution in [-0.4, -0.2) is 61.2 Å². The van der Waals surface area contributed by atoms with Gasteiger partial charge in [0.2, 0.25) is 0 Å². The fourth-order valence-electron chi connectivity index (χ4n) is 2.67. The van der Waals surface area contributed by atoms with E-state index in [1.165, 1.54) is 0 Å². The van der Waals surface area contributed by atoms with Crippen molar-refractivity contribution in [2.24, 2.45) is 0 Å². The molecule has 1 aliphatic heterocycles. The number of fused-ring (bicyclic) bond motifs is 3. The molecule has 0 unspecified atom stereocenters. The molecule has 128 valence electrons. The molecule has 0 saturated carbocycles. The molecule has 0 spiro atoms. The molecule has 0 atom stereocenters. The molecular formula is C18H24N4O2. The van der Waals surface area contributed by atoms with Crippen LogP contribution in [0.2, 0.25) is 0 Å². The van der Waals surface area contributed by atoms with Gasteiger partial charge in [-0.2, -0.15) is 0 Å². The Morgan fingerprint density at radius 2 is 1.17 bits per heavy atom. The number of nitrogens with zero attached hydrogens (tertiary/aromatic N) is 4. The van der Waals surface area contributed by atoms with Crippen molar-refractivity contribution in [3.63, 3.8) is 0 Å². The lowest BCUT2D eigenvalue weighted by atomic mass is 10.1. The fraction of sp³-hybridized carbons (Fsp3) is 0.444. The summed E-state index contributed by atoms with van der Waals surface area (Å²) in [7, 11) is 8.11. The van der Waals surface area contributed by atoms with E-state index in [1.807, 2.05) is 52.5 Å². The number of aromatic nitrogens is 2. The van der Waals surface area contributed by atoms with E-state index in [4.69, 9.17) is 19.4 Å². The molecule has 0 N–H and O–H groups in total. The molecule has 6 heteroatoms. The number of hydrogen-bond donors (Lipinski definition) is 0. The maximum Gasteiger partial charge on any atom is 0.147 e. The van der Waals surface area contributed by atoms with Crippen molar-refractivity contribution in [3.8, 4) is 22.9 Å². The largest absolute Gasteiger partial charge is 0.488 e. The molecule has 3 rings (SSSR count). The topological polar surface area (TPSA) is 50.7 Å². The highest BCUT2D eigenvalue weighted by atomic mass is 16.5. The van der Waals surface area contributed by atoms with Crippen molar-refractivity contribution in [1.29, 1.82) is 0 Å². The van der Waals surface area contributed by atoms with E-state index in [2.05, 4.69) is 9.80 Å². The van der Waals surface area contributed by atoms with Crippen LogP contribution in [0.25, 0.3) is 11.4 Å². The lowest BCUT2D eigenvalue weighted by Gasteiger charge is -2.20. The number of rotatable bonds is 4. The molecule has 24 heavy (non-hydrogen) atoms. The Labute approximate surface area is 143 Å². The highest BCUT2D eigenvalue weighted by molar-refractivity contribution is 5.69. The normalized spacial score (nSPS) is 13.6.